The van der Waals surface area contributed by atoms with Gasteiger partial charge in [-0.1, -0.05) is 30.7 Å². The molecule has 4 aliphatic rings. The number of nitrogens with zero attached hydrogens (tertiary/aromatic N) is 2. The average Bonchev–Trinajstić information content (AvgIpc) is 3.34. The van der Waals surface area contributed by atoms with Gasteiger partial charge in [-0.2, -0.15) is 0 Å². The summed E-state index contributed by atoms with van der Waals surface area (Å²) >= 11 is 0. The molecular formula is C30H39N2O3+. The monoisotopic (exact) mass is 475 g/mol. The first-order valence-corrected chi connectivity index (χ1v) is 13.6. The first kappa shape index (κ1) is 23.1. The highest BCUT2D eigenvalue weighted by Crippen LogP contribution is 2.71. The maximum absolute atomic E-state index is 11.1. The van der Waals surface area contributed by atoms with Crippen molar-refractivity contribution >= 4 is 11.7 Å². The Morgan fingerprint density at radius 2 is 1.40 bits per heavy atom. The van der Waals surface area contributed by atoms with Crippen LogP contribution < -0.4 is 4.90 Å². The smallest absolute Gasteiger partial charge is 0.335 e. The van der Waals surface area contributed by atoms with Crippen LogP contribution in [0.4, 0.5) is 5.69 Å². The van der Waals surface area contributed by atoms with Crippen LogP contribution in [0.2, 0.25) is 0 Å². The highest BCUT2D eigenvalue weighted by Gasteiger charge is 2.87. The minimum absolute atomic E-state index is 0.329. The minimum atomic E-state index is -0.882. The molecule has 1 N–H and O–H groups in total. The molecule has 2 saturated carbocycles. The van der Waals surface area contributed by atoms with E-state index in [4.69, 9.17) is 9.84 Å². The minimum Gasteiger partial charge on any atom is -0.478 e. The third kappa shape index (κ3) is 3.38. The van der Waals surface area contributed by atoms with E-state index in [2.05, 4.69) is 29.2 Å². The Balaban J connectivity index is 1.16. The quantitative estimate of drug-likeness (QED) is 0.453. The van der Waals surface area contributed by atoms with Gasteiger partial charge in [0.2, 0.25) is 0 Å². The van der Waals surface area contributed by atoms with Crippen LogP contribution in [0.5, 0.6) is 0 Å². The van der Waals surface area contributed by atoms with Crippen LogP contribution in [-0.2, 0) is 4.74 Å². The van der Waals surface area contributed by atoms with E-state index in [-0.39, 0.29) is 0 Å². The molecule has 2 saturated heterocycles. The summed E-state index contributed by atoms with van der Waals surface area (Å²) in [5.74, 6) is -0.882. The van der Waals surface area contributed by atoms with E-state index in [1.165, 1.54) is 81.0 Å². The second kappa shape index (κ2) is 8.63. The molecular weight excluding hydrogens is 436 g/mol. The average molecular weight is 476 g/mol. The van der Waals surface area contributed by atoms with Gasteiger partial charge in [-0.05, 0) is 61.1 Å². The van der Waals surface area contributed by atoms with Crippen LogP contribution in [0.1, 0.15) is 68.1 Å². The Morgan fingerprint density at radius 1 is 0.857 bits per heavy atom. The van der Waals surface area contributed by atoms with Crippen LogP contribution in [0.3, 0.4) is 0 Å². The largest absolute Gasteiger partial charge is 0.478 e. The standard InChI is InChI=1S/C30H38N2O3/c1-35-27-13-17-30(18-14-27)29(15-3-2-4-16-29)32(30)21-19-31(20-22-32)26-11-9-24(10-12-26)23-5-7-25(8-6-23)28(33)34/h5-12,27H,2-4,13-22H2,1H3/p+1/t27-,30+. The number of carboxylic acids is 1. The summed E-state index contributed by atoms with van der Waals surface area (Å²) in [4.78, 5) is 13.7. The van der Waals surface area contributed by atoms with Crippen LogP contribution >= 0.6 is 0 Å². The molecule has 2 aliphatic heterocycles. The number of carbonyl (C=O) groups is 1. The highest BCUT2D eigenvalue weighted by molar-refractivity contribution is 5.88. The summed E-state index contributed by atoms with van der Waals surface area (Å²) in [6.07, 6.45) is 12.9. The number of benzene rings is 2. The first-order valence-electron chi connectivity index (χ1n) is 13.6. The van der Waals surface area contributed by atoms with Crippen molar-refractivity contribution in [3.63, 3.8) is 0 Å². The third-order valence-corrected chi connectivity index (χ3v) is 10.4. The molecule has 0 aromatic heterocycles. The third-order valence-electron chi connectivity index (χ3n) is 10.4. The van der Waals surface area contributed by atoms with Crippen LogP contribution in [0.25, 0.3) is 11.1 Å². The van der Waals surface area contributed by atoms with E-state index in [0.717, 1.165) is 24.2 Å². The van der Waals surface area contributed by atoms with Gasteiger partial charge < -0.3 is 19.2 Å². The van der Waals surface area contributed by atoms with Crippen molar-refractivity contribution in [1.82, 2.24) is 0 Å². The molecule has 5 heteroatoms. The van der Waals surface area contributed by atoms with E-state index >= 15 is 0 Å². The normalized spacial score (nSPS) is 28.9. The topological polar surface area (TPSA) is 49.8 Å². The molecule has 5 nitrogen and oxygen atoms in total. The van der Waals surface area contributed by atoms with Gasteiger partial charge in [-0.3, -0.25) is 0 Å². The Hall–Kier alpha value is -2.37. The summed E-state index contributed by atoms with van der Waals surface area (Å²) in [5, 5.41) is 9.14. The number of rotatable bonds is 4. The number of quaternary nitrogens is 1. The molecule has 4 fully saturated rings. The molecule has 6 rings (SSSR count). The number of anilines is 1. The predicted octanol–water partition coefficient (Wildman–Crippen LogP) is 5.73. The number of carboxylic acid groups (broad SMARTS) is 1. The molecule has 0 unspecified atom stereocenters. The van der Waals surface area contributed by atoms with Crippen LogP contribution in [0, 0.1) is 0 Å². The predicted molar refractivity (Wildman–Crippen MR) is 139 cm³/mol. The molecule has 0 atom stereocenters. The van der Waals surface area contributed by atoms with E-state index in [0.29, 0.717) is 22.7 Å². The van der Waals surface area contributed by atoms with Gasteiger partial charge in [0.05, 0.1) is 37.8 Å². The Kier molecular flexibility index (Phi) is 5.69. The van der Waals surface area contributed by atoms with Crippen LogP contribution in [-0.4, -0.2) is 66.0 Å². The van der Waals surface area contributed by atoms with Gasteiger partial charge in [0, 0.05) is 38.5 Å². The molecule has 35 heavy (non-hydrogen) atoms. The number of ether oxygens (including phenoxy) is 1. The molecule has 0 bridgehead atoms. The Morgan fingerprint density at radius 3 is 1.94 bits per heavy atom. The maximum atomic E-state index is 11.1. The second-order valence-electron chi connectivity index (χ2n) is 11.4. The molecule has 2 aromatic rings. The zero-order valence-electron chi connectivity index (χ0n) is 21.0. The van der Waals surface area contributed by atoms with E-state index in [9.17, 15) is 4.79 Å². The van der Waals surface area contributed by atoms with Crippen LogP contribution in [0.15, 0.2) is 48.5 Å². The number of hydrogen-bond donors (Lipinski definition) is 1. The van der Waals surface area contributed by atoms with Gasteiger partial charge in [0.15, 0.2) is 11.1 Å². The fourth-order valence-corrected chi connectivity index (χ4v) is 8.72. The lowest BCUT2D eigenvalue weighted by molar-refractivity contribution is -0.858. The van der Waals surface area contributed by atoms with E-state index < -0.39 is 5.97 Å². The summed E-state index contributed by atoms with van der Waals surface area (Å²) in [6.45, 7) is 4.86. The Bertz CT molecular complexity index is 1060. The lowest BCUT2D eigenvalue weighted by atomic mass is 9.73. The fourth-order valence-electron chi connectivity index (χ4n) is 8.72. The first-order chi connectivity index (χ1) is 17.0. The molecule has 0 radical (unpaired) electrons. The van der Waals surface area contributed by atoms with Crippen molar-refractivity contribution in [2.24, 2.45) is 0 Å². The van der Waals surface area contributed by atoms with Crippen molar-refractivity contribution in [3.8, 4) is 11.1 Å². The summed E-state index contributed by atoms with van der Waals surface area (Å²) in [5.41, 5.74) is 4.91. The van der Waals surface area contributed by atoms with Crippen molar-refractivity contribution < 1.29 is 19.1 Å². The second-order valence-corrected chi connectivity index (χ2v) is 11.4. The molecule has 3 spiro atoms. The van der Waals surface area contributed by atoms with Gasteiger partial charge in [0.1, 0.15) is 0 Å². The highest BCUT2D eigenvalue weighted by atomic mass is 16.5. The number of piperazine rings is 1. The van der Waals surface area contributed by atoms with Gasteiger partial charge in [0.25, 0.3) is 0 Å². The maximum Gasteiger partial charge on any atom is 0.335 e. The SMILES string of the molecule is CO[C@H]1CC[C@@]2(CC1)C1(CCCCC1)[N+]21CCN(c2ccc(-c3ccc(C(=O)O)cc3)cc2)CC1. The van der Waals surface area contributed by atoms with Crippen molar-refractivity contribution in [1.29, 1.82) is 0 Å². The summed E-state index contributed by atoms with van der Waals surface area (Å²) < 4.78 is 7.16. The number of hydrogen-bond acceptors (Lipinski definition) is 3. The number of aromatic carboxylic acids is 1. The van der Waals surface area contributed by atoms with Gasteiger partial charge in [-0.25, -0.2) is 4.79 Å². The zero-order chi connectivity index (χ0) is 24.1. The zero-order valence-corrected chi connectivity index (χ0v) is 21.0. The molecule has 2 aliphatic carbocycles. The lowest BCUT2D eigenvalue weighted by Gasteiger charge is -2.40. The fraction of sp³-hybridized carbons (Fsp3) is 0.567. The molecule has 186 valence electrons. The summed E-state index contributed by atoms with van der Waals surface area (Å²) in [6, 6.07) is 16.0. The number of fused-ring (bicyclic) bond motifs is 3. The van der Waals surface area contributed by atoms with E-state index in [1.54, 1.807) is 12.1 Å². The van der Waals surface area contributed by atoms with Crippen molar-refractivity contribution in [2.45, 2.75) is 75.0 Å². The van der Waals surface area contributed by atoms with Gasteiger partial charge in [-0.15, -0.1) is 0 Å². The van der Waals surface area contributed by atoms with Gasteiger partial charge >= 0.3 is 5.97 Å². The summed E-state index contributed by atoms with van der Waals surface area (Å²) in [7, 11) is 1.89. The lowest BCUT2D eigenvalue weighted by Crippen LogP contribution is -2.54. The Labute approximate surface area is 209 Å². The molecule has 0 amide bonds. The number of methoxy groups -OCH3 is 1. The van der Waals surface area contributed by atoms with Crippen molar-refractivity contribution in [3.05, 3.63) is 54.1 Å². The molecule has 2 aromatic carbocycles. The molecule has 2 heterocycles. The van der Waals surface area contributed by atoms with E-state index in [1.807, 2.05) is 19.2 Å². The van der Waals surface area contributed by atoms with Crippen molar-refractivity contribution in [2.75, 3.05) is 38.2 Å².